The summed E-state index contributed by atoms with van der Waals surface area (Å²) in [4.78, 5) is 14.4. The van der Waals surface area contributed by atoms with Crippen molar-refractivity contribution in [3.63, 3.8) is 0 Å². The SMILES string of the molecule is O=C(c1ccc(F)cc1)N1CCCC[C@H]1c1ccn[nH]1. The summed E-state index contributed by atoms with van der Waals surface area (Å²) in [5.74, 6) is -0.380. The van der Waals surface area contributed by atoms with E-state index in [-0.39, 0.29) is 17.8 Å². The van der Waals surface area contributed by atoms with Crippen molar-refractivity contribution in [2.75, 3.05) is 6.54 Å². The number of rotatable bonds is 2. The van der Waals surface area contributed by atoms with Gasteiger partial charge >= 0.3 is 0 Å². The summed E-state index contributed by atoms with van der Waals surface area (Å²) in [6.45, 7) is 0.722. The first-order chi connectivity index (χ1) is 9.75. The number of H-pyrrole nitrogens is 1. The Kier molecular flexibility index (Phi) is 3.50. The number of halogens is 1. The molecule has 1 saturated heterocycles. The van der Waals surface area contributed by atoms with E-state index in [4.69, 9.17) is 0 Å². The summed E-state index contributed by atoms with van der Waals surface area (Å²) >= 11 is 0. The van der Waals surface area contributed by atoms with E-state index in [1.165, 1.54) is 24.3 Å². The molecule has 0 bridgehead atoms. The lowest BCUT2D eigenvalue weighted by atomic mass is 9.98. The average molecular weight is 273 g/mol. The Morgan fingerprint density at radius 1 is 1.25 bits per heavy atom. The van der Waals surface area contributed by atoms with Gasteiger partial charge in [-0.3, -0.25) is 9.89 Å². The number of hydrogen-bond acceptors (Lipinski definition) is 2. The molecule has 3 rings (SSSR count). The van der Waals surface area contributed by atoms with E-state index in [1.807, 2.05) is 11.0 Å². The Morgan fingerprint density at radius 2 is 2.05 bits per heavy atom. The number of aromatic amines is 1. The van der Waals surface area contributed by atoms with Gasteiger partial charge in [0.1, 0.15) is 5.82 Å². The number of piperidine rings is 1. The van der Waals surface area contributed by atoms with Crippen LogP contribution in [0.15, 0.2) is 36.5 Å². The second-order valence-corrected chi connectivity index (χ2v) is 5.03. The standard InChI is InChI=1S/C15H16FN3O/c16-12-6-4-11(5-7-12)15(20)19-10-2-1-3-14(19)13-8-9-17-18-13/h4-9,14H,1-3,10H2,(H,17,18)/t14-/m0/s1. The molecule has 0 radical (unpaired) electrons. The molecule has 4 nitrogen and oxygen atoms in total. The lowest BCUT2D eigenvalue weighted by Crippen LogP contribution is -2.38. The molecule has 5 heteroatoms. The molecule has 0 unspecified atom stereocenters. The predicted octanol–water partition coefficient (Wildman–Crippen LogP) is 2.92. The zero-order valence-electron chi connectivity index (χ0n) is 11.1. The predicted molar refractivity (Wildman–Crippen MR) is 72.6 cm³/mol. The van der Waals surface area contributed by atoms with E-state index in [9.17, 15) is 9.18 Å². The fourth-order valence-corrected chi connectivity index (χ4v) is 2.71. The van der Waals surface area contributed by atoms with Gasteiger partial charge in [-0.2, -0.15) is 5.10 Å². The molecule has 2 heterocycles. The van der Waals surface area contributed by atoms with Gasteiger partial charge in [0.2, 0.25) is 0 Å². The van der Waals surface area contributed by atoms with Crippen molar-refractivity contribution in [1.29, 1.82) is 0 Å². The molecule has 1 fully saturated rings. The number of aromatic nitrogens is 2. The Balaban J connectivity index is 1.86. The highest BCUT2D eigenvalue weighted by Crippen LogP contribution is 2.30. The molecule has 1 amide bonds. The minimum absolute atomic E-state index is 0.0313. The van der Waals surface area contributed by atoms with Crippen LogP contribution in [0.25, 0.3) is 0 Å². The van der Waals surface area contributed by atoms with E-state index in [0.29, 0.717) is 5.56 Å². The highest BCUT2D eigenvalue weighted by Gasteiger charge is 2.29. The molecule has 2 aromatic rings. The van der Waals surface area contributed by atoms with Crippen LogP contribution in [-0.4, -0.2) is 27.5 Å². The van der Waals surface area contributed by atoms with Gasteiger partial charge < -0.3 is 4.90 Å². The van der Waals surface area contributed by atoms with Crippen molar-refractivity contribution < 1.29 is 9.18 Å². The van der Waals surface area contributed by atoms with Gasteiger partial charge in [-0.25, -0.2) is 4.39 Å². The smallest absolute Gasteiger partial charge is 0.254 e. The third kappa shape index (κ3) is 2.43. The largest absolute Gasteiger partial charge is 0.330 e. The van der Waals surface area contributed by atoms with Crippen LogP contribution >= 0.6 is 0 Å². The van der Waals surface area contributed by atoms with Gasteiger partial charge in [0.15, 0.2) is 0 Å². The Hall–Kier alpha value is -2.17. The Morgan fingerprint density at radius 3 is 2.75 bits per heavy atom. The van der Waals surface area contributed by atoms with E-state index in [2.05, 4.69) is 10.2 Å². The summed E-state index contributed by atoms with van der Waals surface area (Å²) in [6.07, 6.45) is 4.72. The molecular weight excluding hydrogens is 257 g/mol. The molecule has 0 aliphatic carbocycles. The zero-order chi connectivity index (χ0) is 13.9. The van der Waals surface area contributed by atoms with Crippen molar-refractivity contribution >= 4 is 5.91 Å². The Labute approximate surface area is 116 Å². The number of amides is 1. The summed E-state index contributed by atoms with van der Waals surface area (Å²) < 4.78 is 13.0. The van der Waals surface area contributed by atoms with E-state index in [0.717, 1.165) is 31.5 Å². The lowest BCUT2D eigenvalue weighted by molar-refractivity contribution is 0.0606. The first-order valence-electron chi connectivity index (χ1n) is 6.81. The minimum Gasteiger partial charge on any atom is -0.330 e. The fourth-order valence-electron chi connectivity index (χ4n) is 2.71. The van der Waals surface area contributed by atoms with Gasteiger partial charge in [0.25, 0.3) is 5.91 Å². The fraction of sp³-hybridized carbons (Fsp3) is 0.333. The molecule has 1 aliphatic rings. The van der Waals surface area contributed by atoms with Crippen molar-refractivity contribution in [3.05, 3.63) is 53.6 Å². The van der Waals surface area contributed by atoms with Crippen molar-refractivity contribution in [1.82, 2.24) is 15.1 Å². The van der Waals surface area contributed by atoms with Crippen LogP contribution < -0.4 is 0 Å². The van der Waals surface area contributed by atoms with E-state index < -0.39 is 0 Å². The van der Waals surface area contributed by atoms with Gasteiger partial charge in [-0.15, -0.1) is 0 Å². The molecule has 0 saturated carbocycles. The molecule has 1 N–H and O–H groups in total. The molecule has 1 aromatic heterocycles. The van der Waals surface area contributed by atoms with Gasteiger partial charge in [0, 0.05) is 18.3 Å². The first-order valence-corrected chi connectivity index (χ1v) is 6.81. The maximum atomic E-state index is 13.0. The summed E-state index contributed by atoms with van der Waals surface area (Å²) in [5.41, 5.74) is 1.48. The normalized spacial score (nSPS) is 19.1. The summed E-state index contributed by atoms with van der Waals surface area (Å²) in [5, 5.41) is 6.91. The van der Waals surface area contributed by atoms with Gasteiger partial charge in [-0.05, 0) is 49.6 Å². The van der Waals surface area contributed by atoms with Crippen LogP contribution in [0.2, 0.25) is 0 Å². The number of carbonyl (C=O) groups excluding carboxylic acids is 1. The Bertz CT molecular complexity index is 580. The van der Waals surface area contributed by atoms with Gasteiger partial charge in [0.05, 0.1) is 11.7 Å². The third-order valence-electron chi connectivity index (χ3n) is 3.74. The zero-order valence-corrected chi connectivity index (χ0v) is 11.1. The summed E-state index contributed by atoms with van der Waals surface area (Å²) in [7, 11) is 0. The van der Waals surface area contributed by atoms with Crippen LogP contribution in [0.3, 0.4) is 0 Å². The molecule has 104 valence electrons. The monoisotopic (exact) mass is 273 g/mol. The van der Waals surface area contributed by atoms with Crippen LogP contribution in [0, 0.1) is 5.82 Å². The van der Waals surface area contributed by atoms with Crippen molar-refractivity contribution in [2.45, 2.75) is 25.3 Å². The molecule has 0 spiro atoms. The van der Waals surface area contributed by atoms with Gasteiger partial charge in [-0.1, -0.05) is 0 Å². The van der Waals surface area contributed by atoms with Crippen LogP contribution in [0.4, 0.5) is 4.39 Å². The molecule has 20 heavy (non-hydrogen) atoms. The highest BCUT2D eigenvalue weighted by molar-refractivity contribution is 5.94. The maximum Gasteiger partial charge on any atom is 0.254 e. The second-order valence-electron chi connectivity index (χ2n) is 5.03. The molecule has 1 aliphatic heterocycles. The summed E-state index contributed by atoms with van der Waals surface area (Å²) in [6, 6.07) is 7.65. The topological polar surface area (TPSA) is 49.0 Å². The number of carbonyl (C=O) groups is 1. The van der Waals surface area contributed by atoms with Crippen molar-refractivity contribution in [2.24, 2.45) is 0 Å². The van der Waals surface area contributed by atoms with Crippen LogP contribution in [-0.2, 0) is 0 Å². The number of hydrogen-bond donors (Lipinski definition) is 1. The maximum absolute atomic E-state index is 13.0. The van der Waals surface area contributed by atoms with E-state index >= 15 is 0 Å². The lowest BCUT2D eigenvalue weighted by Gasteiger charge is -2.35. The second kappa shape index (κ2) is 5.45. The number of nitrogens with one attached hydrogen (secondary N) is 1. The third-order valence-corrected chi connectivity index (χ3v) is 3.74. The molecular formula is C15H16FN3O. The van der Waals surface area contributed by atoms with Crippen LogP contribution in [0.5, 0.6) is 0 Å². The first kappa shape index (κ1) is 12.8. The number of likely N-dealkylation sites (tertiary alicyclic amines) is 1. The average Bonchev–Trinajstić information content (AvgIpc) is 3.01. The molecule has 1 aromatic carbocycles. The van der Waals surface area contributed by atoms with Crippen LogP contribution in [0.1, 0.15) is 41.4 Å². The quantitative estimate of drug-likeness (QED) is 0.914. The van der Waals surface area contributed by atoms with Crippen molar-refractivity contribution in [3.8, 4) is 0 Å². The highest BCUT2D eigenvalue weighted by atomic mass is 19.1. The number of benzene rings is 1. The van der Waals surface area contributed by atoms with E-state index in [1.54, 1.807) is 6.20 Å². The minimum atomic E-state index is -0.328. The number of nitrogens with zero attached hydrogens (tertiary/aromatic N) is 2. The molecule has 1 atom stereocenters.